The Morgan fingerprint density at radius 1 is 1.30 bits per heavy atom. The van der Waals surface area contributed by atoms with Crippen molar-refractivity contribution in [1.29, 1.82) is 0 Å². The van der Waals surface area contributed by atoms with Crippen molar-refractivity contribution in [3.8, 4) is 5.75 Å². The highest BCUT2D eigenvalue weighted by Crippen LogP contribution is 2.30. The molecule has 0 bridgehead atoms. The van der Waals surface area contributed by atoms with E-state index in [1.54, 1.807) is 0 Å². The Morgan fingerprint density at radius 2 is 2.00 bits per heavy atom. The van der Waals surface area contributed by atoms with Gasteiger partial charge in [0.2, 0.25) is 0 Å². The van der Waals surface area contributed by atoms with Gasteiger partial charge in [-0.3, -0.25) is 0 Å². The fraction of sp³-hybridized carbons (Fsp3) is 0.625. The normalized spacial score (nSPS) is 24.6. The van der Waals surface area contributed by atoms with Crippen molar-refractivity contribution in [3.63, 3.8) is 0 Å². The highest BCUT2D eigenvalue weighted by molar-refractivity contribution is 5.34. The summed E-state index contributed by atoms with van der Waals surface area (Å²) in [6, 6.07) is 3.92. The summed E-state index contributed by atoms with van der Waals surface area (Å²) in [5.74, 6) is 0.613. The smallest absolute Gasteiger partial charge is 0.123 e. The van der Waals surface area contributed by atoms with Gasteiger partial charge in [0, 0.05) is 18.2 Å². The molecule has 0 aromatic heterocycles. The van der Waals surface area contributed by atoms with E-state index in [0.717, 1.165) is 19.4 Å². The SMILES string of the molecule is CC(NCC1CCCCC1CO)c1cc(F)ccc1O. The molecule has 4 heteroatoms. The first-order valence-electron chi connectivity index (χ1n) is 7.44. The quantitative estimate of drug-likeness (QED) is 0.777. The van der Waals surface area contributed by atoms with Crippen molar-refractivity contribution < 1.29 is 14.6 Å². The molecule has 1 aromatic rings. The molecule has 0 amide bonds. The van der Waals surface area contributed by atoms with Crippen LogP contribution in [0.2, 0.25) is 0 Å². The molecule has 1 fully saturated rings. The molecule has 1 saturated carbocycles. The molecule has 3 nitrogen and oxygen atoms in total. The summed E-state index contributed by atoms with van der Waals surface area (Å²) in [6.45, 7) is 2.96. The molecule has 3 atom stereocenters. The minimum Gasteiger partial charge on any atom is -0.508 e. The number of benzene rings is 1. The molecule has 0 aliphatic heterocycles. The van der Waals surface area contributed by atoms with Crippen LogP contribution >= 0.6 is 0 Å². The van der Waals surface area contributed by atoms with Crippen molar-refractivity contribution in [3.05, 3.63) is 29.6 Å². The molecule has 0 heterocycles. The number of aliphatic hydroxyl groups excluding tert-OH is 1. The number of aromatic hydroxyl groups is 1. The van der Waals surface area contributed by atoms with Crippen LogP contribution in [0.15, 0.2) is 18.2 Å². The zero-order chi connectivity index (χ0) is 14.5. The topological polar surface area (TPSA) is 52.5 Å². The van der Waals surface area contributed by atoms with Gasteiger partial charge in [0.05, 0.1) is 0 Å². The minimum atomic E-state index is -0.336. The lowest BCUT2D eigenvalue weighted by atomic mass is 9.79. The van der Waals surface area contributed by atoms with E-state index in [1.165, 1.54) is 31.0 Å². The predicted octanol–water partition coefficient (Wildman–Crippen LogP) is 2.98. The van der Waals surface area contributed by atoms with E-state index in [2.05, 4.69) is 5.32 Å². The lowest BCUT2D eigenvalue weighted by molar-refractivity contribution is 0.131. The second-order valence-electron chi connectivity index (χ2n) is 5.82. The molecule has 1 aliphatic carbocycles. The highest BCUT2D eigenvalue weighted by Gasteiger charge is 2.25. The lowest BCUT2D eigenvalue weighted by Crippen LogP contribution is -2.33. The molecule has 2 rings (SSSR count). The molecule has 112 valence electrons. The second-order valence-corrected chi connectivity index (χ2v) is 5.82. The number of nitrogens with one attached hydrogen (secondary N) is 1. The van der Waals surface area contributed by atoms with Crippen molar-refractivity contribution in [2.75, 3.05) is 13.2 Å². The molecular formula is C16H24FNO2. The third-order valence-electron chi connectivity index (χ3n) is 4.44. The lowest BCUT2D eigenvalue weighted by Gasteiger charge is -2.31. The van der Waals surface area contributed by atoms with Crippen LogP contribution in [0.5, 0.6) is 5.75 Å². The van der Waals surface area contributed by atoms with Crippen molar-refractivity contribution >= 4 is 0 Å². The number of hydrogen-bond donors (Lipinski definition) is 3. The third-order valence-corrected chi connectivity index (χ3v) is 4.44. The predicted molar refractivity (Wildman–Crippen MR) is 77.0 cm³/mol. The summed E-state index contributed by atoms with van der Waals surface area (Å²) in [5.41, 5.74) is 0.585. The summed E-state index contributed by atoms with van der Waals surface area (Å²) in [6.07, 6.45) is 4.62. The number of rotatable bonds is 5. The molecule has 1 aliphatic rings. The maximum Gasteiger partial charge on any atom is 0.123 e. The molecule has 3 unspecified atom stereocenters. The first-order valence-corrected chi connectivity index (χ1v) is 7.44. The zero-order valence-electron chi connectivity index (χ0n) is 12.0. The average molecular weight is 281 g/mol. The molecule has 3 N–H and O–H groups in total. The minimum absolute atomic E-state index is 0.105. The first-order chi connectivity index (χ1) is 9.61. The molecule has 0 radical (unpaired) electrons. The van der Waals surface area contributed by atoms with Crippen molar-refractivity contribution in [2.45, 2.75) is 38.6 Å². The zero-order valence-corrected chi connectivity index (χ0v) is 12.0. The molecule has 0 spiro atoms. The fourth-order valence-electron chi connectivity index (χ4n) is 3.10. The van der Waals surface area contributed by atoms with E-state index in [4.69, 9.17) is 0 Å². The van der Waals surface area contributed by atoms with Crippen LogP contribution in [-0.4, -0.2) is 23.4 Å². The largest absolute Gasteiger partial charge is 0.508 e. The van der Waals surface area contributed by atoms with Crippen LogP contribution in [0.4, 0.5) is 4.39 Å². The second kappa shape index (κ2) is 7.04. The van der Waals surface area contributed by atoms with E-state index in [-0.39, 0.29) is 24.2 Å². The molecule has 0 saturated heterocycles. The van der Waals surface area contributed by atoms with Gasteiger partial charge in [-0.25, -0.2) is 4.39 Å². The van der Waals surface area contributed by atoms with Gasteiger partial charge in [-0.2, -0.15) is 0 Å². The summed E-state index contributed by atoms with van der Waals surface area (Å²) < 4.78 is 13.2. The van der Waals surface area contributed by atoms with Crippen LogP contribution in [-0.2, 0) is 0 Å². The van der Waals surface area contributed by atoms with Gasteiger partial charge < -0.3 is 15.5 Å². The Hall–Kier alpha value is -1.13. The number of phenolic OH excluding ortho intramolecular Hbond substituents is 1. The van der Waals surface area contributed by atoms with E-state index >= 15 is 0 Å². The van der Waals surface area contributed by atoms with Gasteiger partial charge in [0.15, 0.2) is 0 Å². The monoisotopic (exact) mass is 281 g/mol. The number of hydrogen-bond acceptors (Lipinski definition) is 3. The van der Waals surface area contributed by atoms with Crippen molar-refractivity contribution in [2.24, 2.45) is 11.8 Å². The van der Waals surface area contributed by atoms with Gasteiger partial charge >= 0.3 is 0 Å². The van der Waals surface area contributed by atoms with Crippen LogP contribution < -0.4 is 5.32 Å². The summed E-state index contributed by atoms with van der Waals surface area (Å²) in [7, 11) is 0. The van der Waals surface area contributed by atoms with E-state index < -0.39 is 0 Å². The molecule has 20 heavy (non-hydrogen) atoms. The Bertz CT molecular complexity index is 438. The maximum atomic E-state index is 13.2. The number of phenols is 1. The van der Waals surface area contributed by atoms with Gasteiger partial charge in [-0.15, -0.1) is 0 Å². The van der Waals surface area contributed by atoms with Crippen LogP contribution in [0, 0.1) is 17.7 Å². The van der Waals surface area contributed by atoms with E-state index in [0.29, 0.717) is 17.4 Å². The number of aliphatic hydroxyl groups is 1. The van der Waals surface area contributed by atoms with Gasteiger partial charge in [-0.1, -0.05) is 12.8 Å². The Labute approximate surface area is 119 Å². The van der Waals surface area contributed by atoms with Crippen molar-refractivity contribution in [1.82, 2.24) is 5.32 Å². The summed E-state index contributed by atoms with van der Waals surface area (Å²) in [5, 5.41) is 22.6. The number of halogens is 1. The van der Waals surface area contributed by atoms with Crippen LogP contribution in [0.3, 0.4) is 0 Å². The third kappa shape index (κ3) is 3.70. The summed E-state index contributed by atoms with van der Waals surface area (Å²) in [4.78, 5) is 0. The van der Waals surface area contributed by atoms with Crippen LogP contribution in [0.1, 0.15) is 44.2 Å². The van der Waals surface area contributed by atoms with Gasteiger partial charge in [0.25, 0.3) is 0 Å². The van der Waals surface area contributed by atoms with Gasteiger partial charge in [0.1, 0.15) is 11.6 Å². The Morgan fingerprint density at radius 3 is 2.70 bits per heavy atom. The molecular weight excluding hydrogens is 257 g/mol. The van der Waals surface area contributed by atoms with E-state index in [9.17, 15) is 14.6 Å². The molecule has 1 aromatic carbocycles. The first kappa shape index (κ1) is 15.3. The Balaban J connectivity index is 1.94. The van der Waals surface area contributed by atoms with Crippen LogP contribution in [0.25, 0.3) is 0 Å². The Kier molecular flexibility index (Phi) is 5.38. The van der Waals surface area contributed by atoms with Gasteiger partial charge in [-0.05, 0) is 56.3 Å². The summed E-state index contributed by atoms with van der Waals surface area (Å²) >= 11 is 0. The standard InChI is InChI=1S/C16H24FNO2/c1-11(15-8-14(17)6-7-16(15)20)18-9-12-4-2-3-5-13(12)10-19/h6-8,11-13,18-20H,2-5,9-10H2,1H3. The average Bonchev–Trinajstić information content (AvgIpc) is 2.47. The van der Waals surface area contributed by atoms with E-state index in [1.807, 2.05) is 6.92 Å². The highest BCUT2D eigenvalue weighted by atomic mass is 19.1. The fourth-order valence-corrected chi connectivity index (χ4v) is 3.10. The maximum absolute atomic E-state index is 13.2.